The Kier molecular flexibility index (Phi) is 5.47. The van der Waals surface area contributed by atoms with E-state index >= 15 is 0 Å². The van der Waals surface area contributed by atoms with Crippen molar-refractivity contribution < 1.29 is 19.5 Å². The van der Waals surface area contributed by atoms with E-state index in [0.717, 1.165) is 33.0 Å². The van der Waals surface area contributed by atoms with Gasteiger partial charge in [-0.3, -0.25) is 0 Å². The second kappa shape index (κ2) is 13.3. The molecule has 10 aromatic rings. The third kappa shape index (κ3) is 5.79. The van der Waals surface area contributed by atoms with Crippen LogP contribution in [0.1, 0.15) is 15.1 Å². The summed E-state index contributed by atoms with van der Waals surface area (Å²) >= 11 is 6.24. The van der Waals surface area contributed by atoms with Gasteiger partial charge in [-0.25, -0.2) is 15.0 Å². The molecule has 2 aromatic heterocycles. The topological polar surface area (TPSA) is 51.8 Å². The zero-order valence-corrected chi connectivity index (χ0v) is 28.9. The SMILES string of the molecule is [2H]c1cc2c(cc1Cl)oc1ccc([2H])c(-c3c([2H])c([2H])c(-c4nc(-c5ccc(-c6ccccc6)c(-c6ccc7ccccc7c6)c5)nc(-c5c([2H])c([2H])c([2H])c([2H])c5[2H])n4)c([2H])c3[2H])c12. The van der Waals surface area contributed by atoms with E-state index in [2.05, 4.69) is 11.1 Å². The Bertz CT molecular complexity index is 3600. The Morgan fingerprint density at radius 2 is 1.11 bits per heavy atom. The molecule has 5 heteroatoms. The molecule has 2 heterocycles. The van der Waals surface area contributed by atoms with Crippen molar-refractivity contribution in [3.8, 4) is 67.5 Å². The first-order chi connectivity index (χ1) is 31.2. The van der Waals surface area contributed by atoms with Gasteiger partial charge in [-0.2, -0.15) is 0 Å². The lowest BCUT2D eigenvalue weighted by Gasteiger charge is -2.14. The molecule has 0 radical (unpaired) electrons. The van der Waals surface area contributed by atoms with E-state index in [4.69, 9.17) is 35.6 Å². The molecule has 0 unspecified atom stereocenters. The molecule has 0 aliphatic heterocycles. The van der Waals surface area contributed by atoms with Gasteiger partial charge in [-0.1, -0.05) is 157 Å². The van der Waals surface area contributed by atoms with Crippen molar-refractivity contribution in [1.29, 1.82) is 0 Å². The third-order valence-electron chi connectivity index (χ3n) is 9.21. The van der Waals surface area contributed by atoms with E-state index in [1.54, 1.807) is 12.1 Å². The summed E-state index contributed by atoms with van der Waals surface area (Å²) in [6.45, 7) is 0. The molecule has 8 aromatic carbocycles. The first-order valence-corrected chi connectivity index (χ1v) is 17.3. The molecule has 0 aliphatic carbocycles. The van der Waals surface area contributed by atoms with Crippen molar-refractivity contribution in [2.24, 2.45) is 0 Å². The Balaban J connectivity index is 1.24. The van der Waals surface area contributed by atoms with Crippen LogP contribution in [-0.2, 0) is 0 Å². The molecule has 0 saturated carbocycles. The van der Waals surface area contributed by atoms with Crippen LogP contribution in [0.4, 0.5) is 0 Å². The second-order valence-corrected chi connectivity index (χ2v) is 12.9. The fraction of sp³-hybridized carbons (Fsp3) is 0. The Hall–Kier alpha value is -6.88. The van der Waals surface area contributed by atoms with Crippen LogP contribution in [0, 0.1) is 0 Å². The van der Waals surface area contributed by atoms with E-state index in [9.17, 15) is 5.48 Å². The molecular weight excluding hydrogens is 682 g/mol. The predicted octanol–water partition coefficient (Wildman–Crippen LogP) is 13.6. The van der Waals surface area contributed by atoms with Crippen molar-refractivity contribution in [3.63, 3.8) is 0 Å². The van der Waals surface area contributed by atoms with Gasteiger partial charge in [0.15, 0.2) is 17.5 Å². The summed E-state index contributed by atoms with van der Waals surface area (Å²) in [6.07, 6.45) is 0. The molecule has 0 atom stereocenters. The van der Waals surface area contributed by atoms with E-state index in [1.165, 1.54) is 18.2 Å². The minimum absolute atomic E-state index is 0.0160. The van der Waals surface area contributed by atoms with Gasteiger partial charge in [0.2, 0.25) is 0 Å². The molecule has 10 rings (SSSR count). The number of nitrogens with zero attached hydrogens (tertiary/aromatic N) is 3. The zero-order chi connectivity index (χ0) is 45.6. The van der Waals surface area contributed by atoms with E-state index in [-0.39, 0.29) is 62.4 Å². The molecule has 0 saturated heterocycles. The van der Waals surface area contributed by atoms with Crippen LogP contribution in [-0.4, -0.2) is 15.0 Å². The number of hydrogen-bond acceptors (Lipinski definition) is 4. The number of fused-ring (bicyclic) bond motifs is 4. The molecule has 54 heavy (non-hydrogen) atoms. The average molecular weight is 723 g/mol. The Morgan fingerprint density at radius 1 is 0.426 bits per heavy atom. The molecule has 0 spiro atoms. The summed E-state index contributed by atoms with van der Waals surface area (Å²) in [5.74, 6) is -0.742. The highest BCUT2D eigenvalue weighted by Gasteiger charge is 2.17. The quantitative estimate of drug-likeness (QED) is 0.171. The maximum atomic E-state index is 9.41. The van der Waals surface area contributed by atoms with Gasteiger partial charge in [0.25, 0.3) is 0 Å². The van der Waals surface area contributed by atoms with Crippen LogP contribution in [0.3, 0.4) is 0 Å². The lowest BCUT2D eigenvalue weighted by atomic mass is 9.91. The molecule has 0 bridgehead atoms. The van der Waals surface area contributed by atoms with Gasteiger partial charge in [0.05, 0.1) is 15.1 Å². The number of rotatable bonds is 6. The Morgan fingerprint density at radius 3 is 1.91 bits per heavy atom. The molecule has 0 fully saturated rings. The molecule has 254 valence electrons. The van der Waals surface area contributed by atoms with E-state index in [1.807, 2.05) is 78.9 Å². The monoisotopic (exact) mass is 722 g/mol. The van der Waals surface area contributed by atoms with Gasteiger partial charge >= 0.3 is 0 Å². The summed E-state index contributed by atoms with van der Waals surface area (Å²) in [5.41, 5.74) is 3.62. The summed E-state index contributed by atoms with van der Waals surface area (Å²) in [7, 11) is 0. The van der Waals surface area contributed by atoms with Gasteiger partial charge in [-0.15, -0.1) is 0 Å². The van der Waals surface area contributed by atoms with Crippen molar-refractivity contribution in [1.82, 2.24) is 15.0 Å². The first-order valence-electron chi connectivity index (χ1n) is 22.5. The highest BCUT2D eigenvalue weighted by molar-refractivity contribution is 6.31. The smallest absolute Gasteiger partial charge is 0.164 e. The summed E-state index contributed by atoms with van der Waals surface area (Å²) < 4.78 is 104. The Labute approximate surface area is 332 Å². The van der Waals surface area contributed by atoms with Gasteiger partial charge in [0.1, 0.15) is 11.2 Å². The molecular formula is C49H30ClN3O. The molecule has 4 nitrogen and oxygen atoms in total. The van der Waals surface area contributed by atoms with Crippen molar-refractivity contribution in [2.45, 2.75) is 0 Å². The highest BCUT2D eigenvalue weighted by Crippen LogP contribution is 2.39. The minimum Gasteiger partial charge on any atom is -0.456 e. The maximum Gasteiger partial charge on any atom is 0.164 e. The van der Waals surface area contributed by atoms with E-state index < -0.39 is 54.4 Å². The molecule has 0 aliphatic rings. The summed E-state index contributed by atoms with van der Waals surface area (Å²) in [4.78, 5) is 14.0. The van der Waals surface area contributed by atoms with Crippen LogP contribution in [0.25, 0.3) is 100 Å². The predicted molar refractivity (Wildman–Crippen MR) is 222 cm³/mol. The number of hydrogen-bond donors (Lipinski definition) is 0. The summed E-state index contributed by atoms with van der Waals surface area (Å²) in [5, 5.41) is 2.89. The van der Waals surface area contributed by atoms with Gasteiger partial charge in [0, 0.05) is 38.6 Å². The van der Waals surface area contributed by atoms with Crippen LogP contribution in [0.15, 0.2) is 186 Å². The van der Waals surface area contributed by atoms with Gasteiger partial charge in [-0.05, 0) is 74.5 Å². The molecule has 0 N–H and O–H groups in total. The van der Waals surface area contributed by atoms with E-state index in [0.29, 0.717) is 21.9 Å². The van der Waals surface area contributed by atoms with Crippen LogP contribution >= 0.6 is 11.6 Å². The van der Waals surface area contributed by atoms with Gasteiger partial charge < -0.3 is 4.42 Å². The van der Waals surface area contributed by atoms with Crippen molar-refractivity contribution in [3.05, 3.63) is 187 Å². The maximum absolute atomic E-state index is 9.41. The van der Waals surface area contributed by atoms with Crippen LogP contribution < -0.4 is 0 Å². The standard InChI is InChI=1S/C49H30ClN3O/c50-39-25-27-42-45(30-39)54-44-17-9-16-41(46(42)44)33-19-21-35(22-20-33)48-51-47(34-13-5-2-6-14-34)52-49(53-48)38-24-26-40(32-11-3-1-4-12-32)43(29-38)37-23-18-31-10-7-8-15-36(31)28-37/h1-30H/i2D,5D,6D,13D,14D,16D,19D,20D,21D,22D,25D. The second-order valence-electron chi connectivity index (χ2n) is 12.5. The third-order valence-corrected chi connectivity index (χ3v) is 9.42. The lowest BCUT2D eigenvalue weighted by molar-refractivity contribution is 0.669. The number of aromatic nitrogens is 3. The fourth-order valence-electron chi connectivity index (χ4n) is 6.66. The fourth-order valence-corrected chi connectivity index (χ4v) is 6.82. The highest BCUT2D eigenvalue weighted by atomic mass is 35.5. The van der Waals surface area contributed by atoms with Crippen LogP contribution in [0.5, 0.6) is 0 Å². The van der Waals surface area contributed by atoms with Crippen molar-refractivity contribution in [2.75, 3.05) is 0 Å². The lowest BCUT2D eigenvalue weighted by Crippen LogP contribution is -2.00. The largest absolute Gasteiger partial charge is 0.456 e. The number of furan rings is 1. The summed E-state index contributed by atoms with van der Waals surface area (Å²) in [6, 6.07) is 29.9. The number of halogens is 1. The molecule has 0 amide bonds. The van der Waals surface area contributed by atoms with Crippen molar-refractivity contribution >= 4 is 44.3 Å². The number of benzene rings is 8. The minimum atomic E-state index is -0.629. The average Bonchev–Trinajstić information content (AvgIpc) is 3.67. The normalized spacial score (nSPS) is 14.3. The zero-order valence-electron chi connectivity index (χ0n) is 39.1. The first kappa shape index (κ1) is 22.2. The van der Waals surface area contributed by atoms with Crippen LogP contribution in [0.2, 0.25) is 5.02 Å².